The summed E-state index contributed by atoms with van der Waals surface area (Å²) in [5.41, 5.74) is 0. The Morgan fingerprint density at radius 3 is 1.09 bits per heavy atom. The molecule has 0 aliphatic carbocycles. The second-order valence-corrected chi connectivity index (χ2v) is 20.0. The monoisotopic (exact) mass is 916 g/mol. The van der Waals surface area contributed by atoms with E-state index in [1.165, 1.54) is 244 Å². The summed E-state index contributed by atoms with van der Waals surface area (Å²) in [6.07, 6.45) is 66.4. The van der Waals surface area contributed by atoms with E-state index in [1.54, 1.807) is 6.08 Å². The number of carbonyl (C=O) groups excluding carboxylic acids is 2. The summed E-state index contributed by atoms with van der Waals surface area (Å²) in [7, 11) is 0. The Balaban J connectivity index is 3.37. The van der Waals surface area contributed by atoms with Gasteiger partial charge in [0.05, 0.1) is 25.4 Å². The van der Waals surface area contributed by atoms with Crippen molar-refractivity contribution in [1.29, 1.82) is 0 Å². The molecule has 0 aliphatic rings. The van der Waals surface area contributed by atoms with E-state index in [0.29, 0.717) is 19.4 Å². The zero-order valence-corrected chi connectivity index (χ0v) is 43.7. The van der Waals surface area contributed by atoms with Crippen molar-refractivity contribution in [2.24, 2.45) is 0 Å². The second-order valence-electron chi connectivity index (χ2n) is 20.0. The Kier molecular flexibility index (Phi) is 53.5. The number of amides is 1. The topological polar surface area (TPSA) is 95.9 Å². The number of nitrogens with one attached hydrogen (secondary N) is 1. The van der Waals surface area contributed by atoms with Crippen LogP contribution in [0.2, 0.25) is 0 Å². The van der Waals surface area contributed by atoms with Crippen LogP contribution in [0.25, 0.3) is 0 Å². The number of allylic oxidation sites excluding steroid dienone is 3. The summed E-state index contributed by atoms with van der Waals surface area (Å²) in [6, 6.07) is -0.626. The highest BCUT2D eigenvalue weighted by Crippen LogP contribution is 2.17. The number of carbonyl (C=O) groups is 2. The van der Waals surface area contributed by atoms with Crippen LogP contribution in [0.1, 0.15) is 316 Å². The van der Waals surface area contributed by atoms with Crippen LogP contribution in [0, 0.1) is 0 Å². The van der Waals surface area contributed by atoms with Gasteiger partial charge in [-0.3, -0.25) is 9.59 Å². The maximum absolute atomic E-state index is 12.4. The predicted octanol–water partition coefficient (Wildman–Crippen LogP) is 17.9. The van der Waals surface area contributed by atoms with Gasteiger partial charge in [-0.1, -0.05) is 269 Å². The molecule has 0 heterocycles. The van der Waals surface area contributed by atoms with Gasteiger partial charge in [-0.15, -0.1) is 0 Å². The van der Waals surface area contributed by atoms with Crippen LogP contribution in [0.3, 0.4) is 0 Å². The van der Waals surface area contributed by atoms with E-state index in [9.17, 15) is 19.8 Å². The predicted molar refractivity (Wildman–Crippen MR) is 283 cm³/mol. The number of unbranched alkanes of at least 4 members (excludes halogenated alkanes) is 41. The molecule has 0 spiro atoms. The first-order valence-electron chi connectivity index (χ1n) is 29.1. The number of ether oxygens (including phenoxy) is 1. The zero-order valence-electron chi connectivity index (χ0n) is 43.7. The maximum atomic E-state index is 12.4. The van der Waals surface area contributed by atoms with E-state index >= 15 is 0 Å². The van der Waals surface area contributed by atoms with Crippen LogP contribution >= 0.6 is 0 Å². The zero-order chi connectivity index (χ0) is 47.2. The molecule has 0 aromatic heterocycles. The Morgan fingerprint density at radius 2 is 0.723 bits per heavy atom. The summed E-state index contributed by atoms with van der Waals surface area (Å²) in [5.74, 6) is -0.0642. The van der Waals surface area contributed by atoms with E-state index in [4.69, 9.17) is 4.74 Å². The minimum atomic E-state index is -0.842. The van der Waals surface area contributed by atoms with E-state index in [2.05, 4.69) is 31.3 Å². The lowest BCUT2D eigenvalue weighted by molar-refractivity contribution is -0.143. The molecule has 2 unspecified atom stereocenters. The van der Waals surface area contributed by atoms with E-state index in [-0.39, 0.29) is 18.5 Å². The number of esters is 1. The highest BCUT2D eigenvalue weighted by molar-refractivity contribution is 5.76. The van der Waals surface area contributed by atoms with Crippen molar-refractivity contribution in [3.05, 3.63) is 24.3 Å². The van der Waals surface area contributed by atoms with Gasteiger partial charge in [-0.25, -0.2) is 0 Å². The molecule has 0 radical (unpaired) electrons. The summed E-state index contributed by atoms with van der Waals surface area (Å²) in [6.45, 7) is 4.89. The number of hydrogen-bond donors (Lipinski definition) is 3. The highest BCUT2D eigenvalue weighted by Gasteiger charge is 2.18. The number of hydrogen-bond acceptors (Lipinski definition) is 5. The molecule has 0 fully saturated rings. The van der Waals surface area contributed by atoms with Gasteiger partial charge in [0.15, 0.2) is 0 Å². The average Bonchev–Trinajstić information content (AvgIpc) is 3.31. The Hall–Kier alpha value is -1.66. The molecular weight excluding hydrogens is 803 g/mol. The van der Waals surface area contributed by atoms with Gasteiger partial charge < -0.3 is 20.3 Å². The minimum Gasteiger partial charge on any atom is -0.466 e. The van der Waals surface area contributed by atoms with Gasteiger partial charge in [0, 0.05) is 12.8 Å². The molecule has 65 heavy (non-hydrogen) atoms. The van der Waals surface area contributed by atoms with Gasteiger partial charge in [0.25, 0.3) is 0 Å². The first-order chi connectivity index (χ1) is 32.0. The quantitative estimate of drug-likeness (QED) is 0.0321. The molecule has 0 aromatic carbocycles. The molecule has 0 rings (SSSR count). The van der Waals surface area contributed by atoms with Crippen molar-refractivity contribution < 1.29 is 24.5 Å². The molecule has 0 aliphatic heterocycles. The third-order valence-corrected chi connectivity index (χ3v) is 13.5. The molecule has 0 aromatic rings. The highest BCUT2D eigenvalue weighted by atomic mass is 16.5. The van der Waals surface area contributed by atoms with Crippen LogP contribution in [0.4, 0.5) is 0 Å². The molecule has 1 amide bonds. The lowest BCUT2D eigenvalue weighted by Crippen LogP contribution is -2.45. The lowest BCUT2D eigenvalue weighted by Gasteiger charge is -2.20. The Labute approximate surface area is 405 Å². The summed E-state index contributed by atoms with van der Waals surface area (Å²) < 4.78 is 5.48. The summed E-state index contributed by atoms with van der Waals surface area (Å²) in [5, 5.41) is 23.0. The number of rotatable bonds is 54. The SMILES string of the molecule is CCCCCCCC/C=C\CCCCCCCC(=O)OCCCCCCCCCCCCCCCCCCCCCCCCC(=O)NC(CO)C(O)/C=C/CCCCCCCCCCC. The summed E-state index contributed by atoms with van der Waals surface area (Å²) >= 11 is 0. The van der Waals surface area contributed by atoms with Crippen molar-refractivity contribution >= 4 is 11.9 Å². The third kappa shape index (κ3) is 51.6. The fraction of sp³-hybridized carbons (Fsp3) is 0.898. The van der Waals surface area contributed by atoms with E-state index < -0.39 is 12.1 Å². The van der Waals surface area contributed by atoms with Crippen molar-refractivity contribution in [3.8, 4) is 0 Å². The van der Waals surface area contributed by atoms with Crippen molar-refractivity contribution in [2.45, 2.75) is 328 Å². The molecule has 0 saturated heterocycles. The normalized spacial score (nSPS) is 12.7. The standard InChI is InChI=1S/C59H113NO5/c1-3-5-7-9-11-13-15-16-25-29-33-37-41-45-49-53-59(64)65-54-50-46-42-38-34-30-27-24-22-20-18-17-19-21-23-26-28-32-36-40-44-48-52-58(63)60-56(55-61)57(62)51-47-43-39-35-31-14-12-10-8-6-4-2/h16,25,47,51,56-57,61-62H,3-15,17-24,26-46,48-50,52-55H2,1-2H3,(H,60,63)/b25-16-,51-47+. The van der Waals surface area contributed by atoms with Crippen molar-refractivity contribution in [3.63, 3.8) is 0 Å². The maximum Gasteiger partial charge on any atom is 0.305 e. The van der Waals surface area contributed by atoms with Gasteiger partial charge in [-0.2, -0.15) is 0 Å². The average molecular weight is 917 g/mol. The molecule has 6 nitrogen and oxygen atoms in total. The van der Waals surface area contributed by atoms with E-state index in [1.807, 2.05) is 6.08 Å². The van der Waals surface area contributed by atoms with Crippen LogP contribution < -0.4 is 5.32 Å². The van der Waals surface area contributed by atoms with Gasteiger partial charge in [0.1, 0.15) is 0 Å². The smallest absolute Gasteiger partial charge is 0.305 e. The number of aliphatic hydroxyl groups excluding tert-OH is 2. The second kappa shape index (κ2) is 54.9. The first kappa shape index (κ1) is 63.3. The Bertz CT molecular complexity index is 1010. The number of aliphatic hydroxyl groups is 2. The van der Waals surface area contributed by atoms with Crippen LogP contribution in [0.5, 0.6) is 0 Å². The molecule has 2 atom stereocenters. The van der Waals surface area contributed by atoms with Gasteiger partial charge in [0.2, 0.25) is 5.91 Å². The first-order valence-corrected chi connectivity index (χ1v) is 29.1. The van der Waals surface area contributed by atoms with Crippen LogP contribution in [-0.2, 0) is 14.3 Å². The van der Waals surface area contributed by atoms with Crippen LogP contribution in [-0.4, -0.2) is 47.4 Å². The molecule has 3 N–H and O–H groups in total. The molecule has 0 saturated carbocycles. The molecule has 6 heteroatoms. The molecular formula is C59H113NO5. The fourth-order valence-corrected chi connectivity index (χ4v) is 8.98. The Morgan fingerprint density at radius 1 is 0.415 bits per heavy atom. The van der Waals surface area contributed by atoms with Gasteiger partial charge >= 0.3 is 5.97 Å². The van der Waals surface area contributed by atoms with Crippen molar-refractivity contribution in [1.82, 2.24) is 5.32 Å². The molecule has 0 bridgehead atoms. The van der Waals surface area contributed by atoms with E-state index in [0.717, 1.165) is 44.9 Å². The summed E-state index contributed by atoms with van der Waals surface area (Å²) in [4.78, 5) is 24.5. The van der Waals surface area contributed by atoms with Crippen molar-refractivity contribution in [2.75, 3.05) is 13.2 Å². The lowest BCUT2D eigenvalue weighted by atomic mass is 10.0. The molecule has 384 valence electrons. The third-order valence-electron chi connectivity index (χ3n) is 13.5. The van der Waals surface area contributed by atoms with Gasteiger partial charge in [-0.05, 0) is 57.8 Å². The van der Waals surface area contributed by atoms with Crippen LogP contribution in [0.15, 0.2) is 24.3 Å². The fourth-order valence-electron chi connectivity index (χ4n) is 8.98. The largest absolute Gasteiger partial charge is 0.466 e. The minimum absolute atomic E-state index is 0.00472.